The number of likely N-dealkylation sites (tertiary alicyclic amines) is 1. The largest absolute Gasteiger partial charge is 0.376 e. The quantitative estimate of drug-likeness (QED) is 0.786. The van der Waals surface area contributed by atoms with E-state index in [9.17, 15) is 9.59 Å². The second kappa shape index (κ2) is 7.05. The van der Waals surface area contributed by atoms with Gasteiger partial charge in [-0.1, -0.05) is 43.2 Å². The van der Waals surface area contributed by atoms with Crippen molar-refractivity contribution in [1.82, 2.24) is 4.90 Å². The van der Waals surface area contributed by atoms with E-state index in [1.54, 1.807) is 0 Å². The molecule has 4 nitrogen and oxygen atoms in total. The molecule has 0 radical (unpaired) electrons. The van der Waals surface area contributed by atoms with E-state index in [-0.39, 0.29) is 24.0 Å². The topological polar surface area (TPSA) is 46.6 Å². The van der Waals surface area contributed by atoms with Crippen molar-refractivity contribution in [1.29, 1.82) is 0 Å². The standard InChI is InChI=1S/C18H23NO3/c20-17-10-11-18(21)19(17)15-8-4-5-9-16(15)22-13-12-14-6-2-1-3-7-14/h1-3,6-7,15-16H,4-5,8-13H2/t15-,16+/m1/s1. The molecule has 2 amide bonds. The fourth-order valence-electron chi connectivity index (χ4n) is 3.50. The maximum atomic E-state index is 12.0. The Morgan fingerprint density at radius 2 is 1.68 bits per heavy atom. The molecule has 2 aliphatic rings. The molecule has 1 saturated heterocycles. The van der Waals surface area contributed by atoms with E-state index in [2.05, 4.69) is 12.1 Å². The molecule has 3 rings (SSSR count). The molecule has 1 aromatic carbocycles. The highest BCUT2D eigenvalue weighted by Gasteiger charge is 2.40. The Labute approximate surface area is 131 Å². The Morgan fingerprint density at radius 1 is 1.00 bits per heavy atom. The minimum atomic E-state index is -0.0491. The molecule has 1 saturated carbocycles. The number of ether oxygens (including phenoxy) is 1. The van der Waals surface area contributed by atoms with Crippen molar-refractivity contribution in [2.75, 3.05) is 6.61 Å². The first-order valence-corrected chi connectivity index (χ1v) is 8.26. The first-order valence-electron chi connectivity index (χ1n) is 8.26. The summed E-state index contributed by atoms with van der Waals surface area (Å²) in [5.41, 5.74) is 1.25. The smallest absolute Gasteiger partial charge is 0.230 e. The van der Waals surface area contributed by atoms with Crippen molar-refractivity contribution < 1.29 is 14.3 Å². The van der Waals surface area contributed by atoms with Crippen LogP contribution in [0.25, 0.3) is 0 Å². The molecule has 0 bridgehead atoms. The third-order valence-electron chi connectivity index (χ3n) is 4.65. The fourth-order valence-corrected chi connectivity index (χ4v) is 3.50. The van der Waals surface area contributed by atoms with Gasteiger partial charge in [0.2, 0.25) is 11.8 Å². The molecule has 1 aromatic rings. The van der Waals surface area contributed by atoms with Gasteiger partial charge in [0.25, 0.3) is 0 Å². The molecule has 0 spiro atoms. The molecule has 22 heavy (non-hydrogen) atoms. The van der Waals surface area contributed by atoms with Crippen LogP contribution in [0, 0.1) is 0 Å². The van der Waals surface area contributed by atoms with E-state index in [0.29, 0.717) is 19.4 Å². The van der Waals surface area contributed by atoms with Crippen LogP contribution in [-0.2, 0) is 20.7 Å². The number of carbonyl (C=O) groups is 2. The molecule has 0 aromatic heterocycles. The van der Waals surface area contributed by atoms with Crippen LogP contribution in [0.2, 0.25) is 0 Å². The predicted octanol–water partition coefficient (Wildman–Crippen LogP) is 2.71. The van der Waals surface area contributed by atoms with Crippen LogP contribution in [-0.4, -0.2) is 35.5 Å². The monoisotopic (exact) mass is 301 g/mol. The van der Waals surface area contributed by atoms with Gasteiger partial charge in [-0.2, -0.15) is 0 Å². The lowest BCUT2D eigenvalue weighted by Gasteiger charge is -2.36. The fraction of sp³-hybridized carbons (Fsp3) is 0.556. The van der Waals surface area contributed by atoms with Crippen LogP contribution in [0.3, 0.4) is 0 Å². The van der Waals surface area contributed by atoms with Crippen molar-refractivity contribution in [3.05, 3.63) is 35.9 Å². The second-order valence-electron chi connectivity index (χ2n) is 6.15. The minimum absolute atomic E-state index is 0.00321. The zero-order valence-corrected chi connectivity index (χ0v) is 12.9. The number of nitrogens with zero attached hydrogens (tertiary/aromatic N) is 1. The van der Waals surface area contributed by atoms with E-state index in [0.717, 1.165) is 32.1 Å². The first kappa shape index (κ1) is 15.2. The lowest BCUT2D eigenvalue weighted by atomic mass is 9.91. The number of hydrogen-bond donors (Lipinski definition) is 0. The Hall–Kier alpha value is -1.68. The van der Waals surface area contributed by atoms with Crippen molar-refractivity contribution in [2.24, 2.45) is 0 Å². The second-order valence-corrected chi connectivity index (χ2v) is 6.15. The summed E-state index contributed by atoms with van der Waals surface area (Å²) in [7, 11) is 0. The maximum absolute atomic E-state index is 12.0. The molecular weight excluding hydrogens is 278 g/mol. The summed E-state index contributed by atoms with van der Waals surface area (Å²) in [5.74, 6) is -0.0397. The van der Waals surface area contributed by atoms with Crippen molar-refractivity contribution in [3.8, 4) is 0 Å². The molecular formula is C18H23NO3. The average molecular weight is 301 g/mol. The zero-order valence-electron chi connectivity index (χ0n) is 12.9. The highest BCUT2D eigenvalue weighted by atomic mass is 16.5. The third kappa shape index (κ3) is 3.38. The van der Waals surface area contributed by atoms with Gasteiger partial charge in [-0.25, -0.2) is 0 Å². The number of carbonyl (C=O) groups excluding carboxylic acids is 2. The van der Waals surface area contributed by atoms with Gasteiger partial charge in [-0.3, -0.25) is 14.5 Å². The van der Waals surface area contributed by atoms with E-state index >= 15 is 0 Å². The zero-order chi connectivity index (χ0) is 15.4. The van der Waals surface area contributed by atoms with Crippen LogP contribution < -0.4 is 0 Å². The molecule has 1 aliphatic carbocycles. The summed E-state index contributed by atoms with van der Waals surface area (Å²) in [4.78, 5) is 25.4. The summed E-state index contributed by atoms with van der Waals surface area (Å²) < 4.78 is 6.06. The van der Waals surface area contributed by atoms with Crippen LogP contribution in [0.1, 0.15) is 44.1 Å². The summed E-state index contributed by atoms with van der Waals surface area (Å²) in [6.45, 7) is 0.640. The number of amides is 2. The maximum Gasteiger partial charge on any atom is 0.230 e. The normalized spacial score (nSPS) is 25.7. The number of hydrogen-bond acceptors (Lipinski definition) is 3. The molecule has 0 N–H and O–H groups in total. The van der Waals surface area contributed by atoms with Gasteiger partial charge in [0, 0.05) is 12.8 Å². The highest BCUT2D eigenvalue weighted by molar-refractivity contribution is 6.02. The summed E-state index contributed by atoms with van der Waals surface area (Å²) >= 11 is 0. The number of benzene rings is 1. The molecule has 118 valence electrons. The molecule has 1 heterocycles. The lowest BCUT2D eigenvalue weighted by Crippen LogP contribution is -2.49. The van der Waals surface area contributed by atoms with E-state index in [1.165, 1.54) is 10.5 Å². The van der Waals surface area contributed by atoms with Gasteiger partial charge in [-0.15, -0.1) is 0 Å². The van der Waals surface area contributed by atoms with Gasteiger partial charge in [-0.05, 0) is 24.8 Å². The first-order chi connectivity index (χ1) is 10.8. The molecule has 1 aliphatic heterocycles. The van der Waals surface area contributed by atoms with E-state index < -0.39 is 0 Å². The Morgan fingerprint density at radius 3 is 2.41 bits per heavy atom. The van der Waals surface area contributed by atoms with E-state index in [1.807, 2.05) is 18.2 Å². The van der Waals surface area contributed by atoms with Crippen LogP contribution >= 0.6 is 0 Å². The lowest BCUT2D eigenvalue weighted by molar-refractivity contribution is -0.147. The van der Waals surface area contributed by atoms with Crippen LogP contribution in [0.5, 0.6) is 0 Å². The molecule has 2 fully saturated rings. The van der Waals surface area contributed by atoms with Crippen LogP contribution in [0.15, 0.2) is 30.3 Å². The van der Waals surface area contributed by atoms with Gasteiger partial charge < -0.3 is 4.74 Å². The van der Waals surface area contributed by atoms with Crippen molar-refractivity contribution in [2.45, 2.75) is 57.1 Å². The van der Waals surface area contributed by atoms with Crippen LogP contribution in [0.4, 0.5) is 0 Å². The van der Waals surface area contributed by atoms with Crippen molar-refractivity contribution in [3.63, 3.8) is 0 Å². The molecule has 2 atom stereocenters. The summed E-state index contributed by atoms with van der Waals surface area (Å²) in [6.07, 6.45) is 5.61. The Kier molecular flexibility index (Phi) is 4.88. The average Bonchev–Trinajstić information content (AvgIpc) is 2.88. The highest BCUT2D eigenvalue weighted by Crippen LogP contribution is 2.29. The van der Waals surface area contributed by atoms with Gasteiger partial charge >= 0.3 is 0 Å². The van der Waals surface area contributed by atoms with E-state index in [4.69, 9.17) is 4.74 Å². The third-order valence-corrected chi connectivity index (χ3v) is 4.65. The summed E-state index contributed by atoms with van der Waals surface area (Å²) in [6, 6.07) is 10.2. The molecule has 4 heteroatoms. The van der Waals surface area contributed by atoms with Gasteiger partial charge in [0.05, 0.1) is 18.8 Å². The summed E-state index contributed by atoms with van der Waals surface area (Å²) in [5, 5.41) is 0. The predicted molar refractivity (Wildman–Crippen MR) is 83.2 cm³/mol. The van der Waals surface area contributed by atoms with Gasteiger partial charge in [0.15, 0.2) is 0 Å². The SMILES string of the molecule is O=C1CCC(=O)N1[C@@H]1CCCC[C@@H]1OCCc1ccccc1. The van der Waals surface area contributed by atoms with Crippen molar-refractivity contribution >= 4 is 11.8 Å². The Bertz CT molecular complexity index is 512. The number of imide groups is 1. The van der Waals surface area contributed by atoms with Gasteiger partial charge in [0.1, 0.15) is 0 Å². The minimum Gasteiger partial charge on any atom is -0.376 e. The number of rotatable bonds is 5. The molecule has 0 unspecified atom stereocenters. The Balaban J connectivity index is 1.58.